The van der Waals surface area contributed by atoms with Crippen molar-refractivity contribution in [3.63, 3.8) is 0 Å². The van der Waals surface area contributed by atoms with E-state index in [2.05, 4.69) is 0 Å². The molecule has 1 heterocycles. The number of rotatable bonds is 5. The van der Waals surface area contributed by atoms with Gasteiger partial charge in [-0.15, -0.1) is 12.4 Å². The molecular weight excluding hydrogens is 385 g/mol. The van der Waals surface area contributed by atoms with Crippen molar-refractivity contribution in [2.45, 2.75) is 24.9 Å². The van der Waals surface area contributed by atoms with Gasteiger partial charge in [0.05, 0.1) is 10.7 Å². The van der Waals surface area contributed by atoms with Crippen LogP contribution < -0.4 is 10.6 Å². The lowest BCUT2D eigenvalue weighted by Crippen LogP contribution is -2.43. The number of likely N-dealkylation sites (N-methyl/N-ethyl adjacent to an activating group) is 1. The molecule has 2 aromatic carbocycles. The minimum Gasteiger partial charge on any atom is -0.334 e. The molecular formula is C20H23Cl2N3O2. The van der Waals surface area contributed by atoms with E-state index in [0.717, 1.165) is 5.56 Å². The number of hydrogen-bond donors (Lipinski definition) is 1. The molecule has 1 aliphatic heterocycles. The topological polar surface area (TPSA) is 66.6 Å². The van der Waals surface area contributed by atoms with Crippen molar-refractivity contribution in [2.24, 2.45) is 5.73 Å². The molecule has 0 aromatic heterocycles. The predicted octanol–water partition coefficient (Wildman–Crippen LogP) is 3.42. The predicted molar refractivity (Wildman–Crippen MR) is 110 cm³/mol. The highest BCUT2D eigenvalue weighted by atomic mass is 35.5. The van der Waals surface area contributed by atoms with Crippen LogP contribution in [0.5, 0.6) is 0 Å². The first kappa shape index (κ1) is 21.2. The summed E-state index contributed by atoms with van der Waals surface area (Å²) in [6, 6.07) is 15.9. The summed E-state index contributed by atoms with van der Waals surface area (Å²) in [6.07, 6.45) is 0.739. The van der Waals surface area contributed by atoms with Crippen molar-refractivity contribution < 1.29 is 9.59 Å². The number of halogens is 2. The maximum atomic E-state index is 12.8. The molecule has 0 aliphatic carbocycles. The van der Waals surface area contributed by atoms with Crippen LogP contribution in [0.15, 0.2) is 54.6 Å². The smallest absolute Gasteiger partial charge is 0.249 e. The third kappa shape index (κ3) is 4.61. The second-order valence-corrected chi connectivity index (χ2v) is 6.88. The summed E-state index contributed by atoms with van der Waals surface area (Å²) in [5.74, 6) is -0.247. The summed E-state index contributed by atoms with van der Waals surface area (Å²) in [5, 5.41) is 0.529. The normalized spacial score (nSPS) is 17.4. The van der Waals surface area contributed by atoms with Crippen molar-refractivity contribution in [1.29, 1.82) is 0 Å². The van der Waals surface area contributed by atoms with Gasteiger partial charge in [0.15, 0.2) is 0 Å². The minimum absolute atomic E-state index is 0. The summed E-state index contributed by atoms with van der Waals surface area (Å²) < 4.78 is 0. The number of nitrogens with two attached hydrogens (primary N) is 1. The van der Waals surface area contributed by atoms with Crippen molar-refractivity contribution in [3.8, 4) is 0 Å². The Morgan fingerprint density at radius 1 is 1.22 bits per heavy atom. The largest absolute Gasteiger partial charge is 0.334 e. The van der Waals surface area contributed by atoms with Crippen LogP contribution in [-0.2, 0) is 9.59 Å². The van der Waals surface area contributed by atoms with E-state index in [9.17, 15) is 9.59 Å². The summed E-state index contributed by atoms with van der Waals surface area (Å²) in [7, 11) is 1.67. The fourth-order valence-corrected chi connectivity index (χ4v) is 3.50. The lowest BCUT2D eigenvalue weighted by Gasteiger charge is -2.25. The fraction of sp³-hybridized carbons (Fsp3) is 0.300. The van der Waals surface area contributed by atoms with E-state index in [1.807, 2.05) is 48.5 Å². The van der Waals surface area contributed by atoms with Crippen molar-refractivity contribution in [2.75, 3.05) is 18.5 Å². The summed E-state index contributed by atoms with van der Waals surface area (Å²) in [4.78, 5) is 28.6. The van der Waals surface area contributed by atoms with E-state index in [0.29, 0.717) is 23.7 Å². The second kappa shape index (κ2) is 9.22. The Bertz CT molecular complexity index is 801. The van der Waals surface area contributed by atoms with Crippen LogP contribution >= 0.6 is 24.0 Å². The third-order valence-corrected chi connectivity index (χ3v) is 5.12. The third-order valence-electron chi connectivity index (χ3n) is 4.80. The number of carbonyl (C=O) groups excluding carboxylic acids is 2. The quantitative estimate of drug-likeness (QED) is 0.825. The van der Waals surface area contributed by atoms with Gasteiger partial charge in [0.25, 0.3) is 0 Å². The van der Waals surface area contributed by atoms with Gasteiger partial charge in [0.2, 0.25) is 11.8 Å². The van der Waals surface area contributed by atoms with Gasteiger partial charge < -0.3 is 15.5 Å². The minimum atomic E-state index is -0.484. The molecule has 2 aromatic rings. The van der Waals surface area contributed by atoms with Crippen LogP contribution in [0.2, 0.25) is 5.02 Å². The fourth-order valence-electron chi connectivity index (χ4n) is 3.26. The molecule has 3 rings (SSSR count). The molecule has 1 saturated heterocycles. The molecule has 2 unspecified atom stereocenters. The van der Waals surface area contributed by atoms with Crippen LogP contribution in [0.25, 0.3) is 0 Å². The number of nitrogens with zero attached hydrogens (tertiary/aromatic N) is 2. The molecule has 1 aliphatic rings. The van der Waals surface area contributed by atoms with Crippen LogP contribution in [0.4, 0.5) is 5.69 Å². The van der Waals surface area contributed by atoms with Gasteiger partial charge in [0.1, 0.15) is 6.04 Å². The summed E-state index contributed by atoms with van der Waals surface area (Å²) in [6.45, 7) is 0.537. The average Bonchev–Trinajstić information content (AvgIpc) is 3.03. The van der Waals surface area contributed by atoms with Crippen LogP contribution in [0.3, 0.4) is 0 Å². The first-order valence-corrected chi connectivity index (χ1v) is 8.99. The van der Waals surface area contributed by atoms with Gasteiger partial charge in [-0.25, -0.2) is 0 Å². The van der Waals surface area contributed by atoms with Crippen LogP contribution in [0, 0.1) is 0 Å². The molecule has 2 atom stereocenters. The van der Waals surface area contributed by atoms with E-state index in [1.165, 1.54) is 4.90 Å². The number of hydrogen-bond acceptors (Lipinski definition) is 3. The lowest BCUT2D eigenvalue weighted by atomic mass is 10.0. The van der Waals surface area contributed by atoms with E-state index >= 15 is 0 Å². The van der Waals surface area contributed by atoms with Crippen molar-refractivity contribution >= 4 is 41.5 Å². The zero-order valence-corrected chi connectivity index (χ0v) is 16.6. The lowest BCUT2D eigenvalue weighted by molar-refractivity contribution is -0.137. The van der Waals surface area contributed by atoms with E-state index in [1.54, 1.807) is 18.0 Å². The monoisotopic (exact) mass is 407 g/mol. The molecule has 2 amide bonds. The molecule has 0 radical (unpaired) electrons. The van der Waals surface area contributed by atoms with Gasteiger partial charge in [0, 0.05) is 26.1 Å². The molecule has 144 valence electrons. The first-order chi connectivity index (χ1) is 12.5. The van der Waals surface area contributed by atoms with E-state index < -0.39 is 6.04 Å². The van der Waals surface area contributed by atoms with Crippen LogP contribution in [-0.4, -0.2) is 36.3 Å². The van der Waals surface area contributed by atoms with E-state index in [4.69, 9.17) is 17.3 Å². The molecule has 2 N–H and O–H groups in total. The molecule has 5 nitrogen and oxygen atoms in total. The molecule has 1 fully saturated rings. The van der Waals surface area contributed by atoms with Gasteiger partial charge in [-0.3, -0.25) is 9.59 Å². The molecule has 7 heteroatoms. The molecule has 0 spiro atoms. The van der Waals surface area contributed by atoms with E-state index in [-0.39, 0.29) is 36.7 Å². The maximum absolute atomic E-state index is 12.8. The summed E-state index contributed by atoms with van der Waals surface area (Å²) in [5.41, 5.74) is 7.74. The Hall–Kier alpha value is -2.08. The SMILES string of the molecule is CN(C(=O)CC(N)c1ccccc1)C1CCN(c2ccccc2Cl)C1=O.Cl. The highest BCUT2D eigenvalue weighted by molar-refractivity contribution is 6.34. The Labute approximate surface area is 170 Å². The average molecular weight is 408 g/mol. The van der Waals surface area contributed by atoms with Crippen molar-refractivity contribution in [1.82, 2.24) is 4.90 Å². The number of anilines is 1. The highest BCUT2D eigenvalue weighted by Crippen LogP contribution is 2.30. The molecule has 27 heavy (non-hydrogen) atoms. The summed E-state index contributed by atoms with van der Waals surface area (Å²) >= 11 is 6.21. The van der Waals surface area contributed by atoms with Gasteiger partial charge in [-0.2, -0.15) is 0 Å². The van der Waals surface area contributed by atoms with Crippen molar-refractivity contribution in [3.05, 3.63) is 65.2 Å². The van der Waals surface area contributed by atoms with Gasteiger partial charge in [-0.1, -0.05) is 54.1 Å². The number of amides is 2. The number of para-hydroxylation sites is 1. The van der Waals surface area contributed by atoms with Gasteiger partial charge in [-0.05, 0) is 24.1 Å². The molecule has 0 saturated carbocycles. The Balaban J connectivity index is 0.00000261. The second-order valence-electron chi connectivity index (χ2n) is 6.47. The highest BCUT2D eigenvalue weighted by Gasteiger charge is 2.37. The molecule has 0 bridgehead atoms. The van der Waals surface area contributed by atoms with Crippen LogP contribution in [0.1, 0.15) is 24.4 Å². The first-order valence-electron chi connectivity index (χ1n) is 8.61. The Morgan fingerprint density at radius 2 is 1.85 bits per heavy atom. The Morgan fingerprint density at radius 3 is 2.52 bits per heavy atom. The van der Waals surface area contributed by atoms with Gasteiger partial charge >= 0.3 is 0 Å². The zero-order chi connectivity index (χ0) is 18.7. The zero-order valence-electron chi connectivity index (χ0n) is 15.0. The standard InChI is InChI=1S/C20H22ClN3O2.ClH/c1-23(19(25)13-16(22)14-7-3-2-4-8-14)18-11-12-24(20(18)26)17-10-6-5-9-15(17)21;/h2-10,16,18H,11-13,22H2,1H3;1H. The number of carbonyl (C=O) groups is 2. The maximum Gasteiger partial charge on any atom is 0.249 e. The number of benzene rings is 2. The Kier molecular flexibility index (Phi) is 7.25.